The summed E-state index contributed by atoms with van der Waals surface area (Å²) in [6.07, 6.45) is 1.67. The van der Waals surface area contributed by atoms with Crippen LogP contribution in [0.5, 0.6) is 11.5 Å². The number of amides is 1. The van der Waals surface area contributed by atoms with Gasteiger partial charge < -0.3 is 14.2 Å². The van der Waals surface area contributed by atoms with E-state index in [9.17, 15) is 4.79 Å². The second-order valence-corrected chi connectivity index (χ2v) is 6.39. The summed E-state index contributed by atoms with van der Waals surface area (Å²) in [5, 5.41) is 0. The Balaban J connectivity index is 1.72. The first-order valence-electron chi connectivity index (χ1n) is 8.45. The number of ether oxygens (including phenoxy) is 3. The summed E-state index contributed by atoms with van der Waals surface area (Å²) >= 11 is 0. The van der Waals surface area contributed by atoms with Crippen LogP contribution in [0.15, 0.2) is 48.5 Å². The average Bonchev–Trinajstić information content (AvgIpc) is 3.18. The van der Waals surface area contributed by atoms with Crippen molar-refractivity contribution < 1.29 is 19.0 Å². The number of hydrogen-bond donors (Lipinski definition) is 0. The summed E-state index contributed by atoms with van der Waals surface area (Å²) in [7, 11) is 3.28. The number of β-lactam (4-membered cyclic amide) rings is 1. The van der Waals surface area contributed by atoms with E-state index in [1.807, 2.05) is 53.4 Å². The maximum atomic E-state index is 13.0. The van der Waals surface area contributed by atoms with Crippen LogP contribution in [0.2, 0.25) is 0 Å². The topological polar surface area (TPSA) is 48.0 Å². The molecular formula is C20H21NO4. The maximum absolute atomic E-state index is 13.0. The van der Waals surface area contributed by atoms with Gasteiger partial charge in [-0.2, -0.15) is 0 Å². The molecule has 4 rings (SSSR count). The van der Waals surface area contributed by atoms with E-state index in [1.165, 1.54) is 0 Å². The first-order valence-corrected chi connectivity index (χ1v) is 8.45. The first-order chi connectivity index (χ1) is 12.2. The molecule has 130 valence electrons. The summed E-state index contributed by atoms with van der Waals surface area (Å²) in [5.74, 6) is 1.60. The van der Waals surface area contributed by atoms with E-state index in [1.54, 1.807) is 14.2 Å². The Kier molecular flexibility index (Phi) is 3.88. The standard InChI is InChI=1S/C20H21NO4/c1-23-16-8-4-14(5-9-16)18-20(12-3-13-25-20)19(22)21(18)15-6-10-17(24-2)11-7-15/h4-11,18H,3,12-13H2,1-2H3/t18-,20-/m0/s1. The van der Waals surface area contributed by atoms with E-state index in [2.05, 4.69) is 0 Å². The van der Waals surface area contributed by atoms with Crippen molar-refractivity contribution in [2.24, 2.45) is 0 Å². The maximum Gasteiger partial charge on any atom is 0.262 e. The first kappa shape index (κ1) is 16.0. The molecule has 2 heterocycles. The predicted octanol–water partition coefficient (Wildman–Crippen LogP) is 3.34. The van der Waals surface area contributed by atoms with Crippen molar-refractivity contribution >= 4 is 11.6 Å². The minimum atomic E-state index is -0.728. The molecule has 5 nitrogen and oxygen atoms in total. The highest BCUT2D eigenvalue weighted by Gasteiger charge is 2.64. The molecule has 0 N–H and O–H groups in total. The van der Waals surface area contributed by atoms with Gasteiger partial charge in [0.15, 0.2) is 5.60 Å². The molecule has 2 atom stereocenters. The molecule has 0 aliphatic carbocycles. The van der Waals surface area contributed by atoms with Crippen molar-refractivity contribution in [1.82, 2.24) is 0 Å². The SMILES string of the molecule is COc1ccc([C@@H]2N(c3ccc(OC)cc3)C(=O)[C@]23CCCO3)cc1. The number of rotatable bonds is 4. The average molecular weight is 339 g/mol. The molecule has 1 spiro atoms. The summed E-state index contributed by atoms with van der Waals surface area (Å²) in [4.78, 5) is 14.8. The number of methoxy groups -OCH3 is 2. The number of benzene rings is 2. The minimum absolute atomic E-state index is 0.0379. The Morgan fingerprint density at radius 2 is 1.60 bits per heavy atom. The Morgan fingerprint density at radius 3 is 2.12 bits per heavy atom. The molecule has 2 aromatic carbocycles. The number of anilines is 1. The van der Waals surface area contributed by atoms with Gasteiger partial charge in [-0.25, -0.2) is 0 Å². The molecule has 5 heteroatoms. The zero-order valence-electron chi connectivity index (χ0n) is 14.4. The smallest absolute Gasteiger partial charge is 0.262 e. The third-order valence-corrected chi connectivity index (χ3v) is 5.11. The van der Waals surface area contributed by atoms with Gasteiger partial charge in [0, 0.05) is 12.3 Å². The molecule has 25 heavy (non-hydrogen) atoms. The van der Waals surface area contributed by atoms with Gasteiger partial charge in [0.2, 0.25) is 0 Å². The molecule has 0 unspecified atom stereocenters. The molecule has 1 amide bonds. The molecule has 2 saturated heterocycles. The molecule has 0 radical (unpaired) electrons. The van der Waals surface area contributed by atoms with Gasteiger partial charge in [-0.1, -0.05) is 12.1 Å². The van der Waals surface area contributed by atoms with Crippen molar-refractivity contribution in [2.45, 2.75) is 24.5 Å². The molecule has 2 aromatic rings. The quantitative estimate of drug-likeness (QED) is 0.802. The van der Waals surface area contributed by atoms with Crippen LogP contribution >= 0.6 is 0 Å². The highest BCUT2D eigenvalue weighted by molar-refractivity contribution is 6.08. The molecule has 2 fully saturated rings. The van der Waals surface area contributed by atoms with Gasteiger partial charge in [0.1, 0.15) is 17.5 Å². The van der Waals surface area contributed by atoms with Gasteiger partial charge in [-0.3, -0.25) is 9.69 Å². The monoisotopic (exact) mass is 339 g/mol. The Morgan fingerprint density at radius 1 is 1.00 bits per heavy atom. The molecular weight excluding hydrogens is 318 g/mol. The minimum Gasteiger partial charge on any atom is -0.497 e. The second kappa shape index (κ2) is 6.08. The number of carbonyl (C=O) groups is 1. The van der Waals surface area contributed by atoms with Gasteiger partial charge >= 0.3 is 0 Å². The molecule has 0 bridgehead atoms. The van der Waals surface area contributed by atoms with Gasteiger partial charge in [0.05, 0.1) is 14.2 Å². The van der Waals surface area contributed by atoms with Crippen LogP contribution in [0.1, 0.15) is 24.4 Å². The van der Waals surface area contributed by atoms with E-state index < -0.39 is 5.60 Å². The Labute approximate surface area is 147 Å². The van der Waals surface area contributed by atoms with Crippen molar-refractivity contribution in [2.75, 3.05) is 25.7 Å². The Hall–Kier alpha value is -2.53. The van der Waals surface area contributed by atoms with Crippen LogP contribution in [0.4, 0.5) is 5.69 Å². The van der Waals surface area contributed by atoms with Crippen LogP contribution in [0.25, 0.3) is 0 Å². The van der Waals surface area contributed by atoms with Crippen molar-refractivity contribution in [3.63, 3.8) is 0 Å². The molecule has 2 aliphatic heterocycles. The van der Waals surface area contributed by atoms with Crippen LogP contribution < -0.4 is 14.4 Å². The van der Waals surface area contributed by atoms with Crippen LogP contribution in [0.3, 0.4) is 0 Å². The van der Waals surface area contributed by atoms with Crippen LogP contribution in [-0.4, -0.2) is 32.3 Å². The summed E-state index contributed by atoms with van der Waals surface area (Å²) in [6, 6.07) is 15.3. The third-order valence-electron chi connectivity index (χ3n) is 5.11. The van der Waals surface area contributed by atoms with Crippen LogP contribution in [0, 0.1) is 0 Å². The summed E-state index contributed by atoms with van der Waals surface area (Å²) < 4.78 is 16.4. The Bertz CT molecular complexity index is 763. The number of hydrogen-bond acceptors (Lipinski definition) is 4. The summed E-state index contributed by atoms with van der Waals surface area (Å²) in [6.45, 7) is 0.634. The molecule has 0 saturated carbocycles. The predicted molar refractivity (Wildman–Crippen MR) is 94.1 cm³/mol. The van der Waals surface area contributed by atoms with Gasteiger partial charge in [-0.05, 0) is 54.8 Å². The van der Waals surface area contributed by atoms with E-state index >= 15 is 0 Å². The lowest BCUT2D eigenvalue weighted by Gasteiger charge is -2.53. The number of carbonyl (C=O) groups excluding carboxylic acids is 1. The van der Waals surface area contributed by atoms with Crippen molar-refractivity contribution in [3.8, 4) is 11.5 Å². The van der Waals surface area contributed by atoms with E-state index in [0.717, 1.165) is 35.6 Å². The van der Waals surface area contributed by atoms with E-state index in [4.69, 9.17) is 14.2 Å². The third kappa shape index (κ3) is 2.38. The highest BCUT2D eigenvalue weighted by atomic mass is 16.5. The lowest BCUT2D eigenvalue weighted by Crippen LogP contribution is -2.68. The second-order valence-electron chi connectivity index (χ2n) is 6.39. The van der Waals surface area contributed by atoms with E-state index in [0.29, 0.717) is 6.61 Å². The van der Waals surface area contributed by atoms with Crippen molar-refractivity contribution in [1.29, 1.82) is 0 Å². The lowest BCUT2D eigenvalue weighted by atomic mass is 9.75. The van der Waals surface area contributed by atoms with Crippen molar-refractivity contribution in [3.05, 3.63) is 54.1 Å². The molecule has 0 aromatic heterocycles. The normalized spacial score (nSPS) is 25.1. The van der Waals surface area contributed by atoms with Gasteiger partial charge in [-0.15, -0.1) is 0 Å². The van der Waals surface area contributed by atoms with E-state index in [-0.39, 0.29) is 11.9 Å². The fourth-order valence-electron chi connectivity index (χ4n) is 3.84. The summed E-state index contributed by atoms with van der Waals surface area (Å²) in [5.41, 5.74) is 1.18. The lowest BCUT2D eigenvalue weighted by molar-refractivity contribution is -0.156. The highest BCUT2D eigenvalue weighted by Crippen LogP contribution is 2.53. The number of nitrogens with zero attached hydrogens (tertiary/aromatic N) is 1. The van der Waals surface area contributed by atoms with Gasteiger partial charge in [0.25, 0.3) is 5.91 Å². The largest absolute Gasteiger partial charge is 0.497 e. The zero-order chi connectivity index (χ0) is 17.4. The molecule has 2 aliphatic rings. The van der Waals surface area contributed by atoms with Crippen LogP contribution in [-0.2, 0) is 9.53 Å². The fraction of sp³-hybridized carbons (Fsp3) is 0.350. The zero-order valence-corrected chi connectivity index (χ0v) is 14.4. The fourth-order valence-corrected chi connectivity index (χ4v) is 3.84.